The lowest BCUT2D eigenvalue weighted by Gasteiger charge is -2.26. The Balaban J connectivity index is 1.56. The quantitative estimate of drug-likeness (QED) is 0.342. The normalized spacial score (nSPS) is 14.8. The standard InChI is InChI=1S/C26H26N4O3S2/c1-20-12-13-23(35(31,32)29-14-16-33-17-15-29)18-24(20)25-27-28-26(30(25)22-10-6-3-7-11-22)34-19-21-8-4-2-5-9-21/h2-13,18H,14-17,19H2,1H3. The minimum Gasteiger partial charge on any atom is -0.379 e. The number of benzene rings is 3. The molecule has 0 atom stereocenters. The molecule has 5 rings (SSSR count). The molecule has 0 spiro atoms. The van der Waals surface area contributed by atoms with Crippen LogP contribution in [0, 0.1) is 6.92 Å². The van der Waals surface area contributed by atoms with Crippen LogP contribution < -0.4 is 0 Å². The van der Waals surface area contributed by atoms with E-state index in [0.29, 0.717) is 32.1 Å². The first kappa shape index (κ1) is 23.7. The molecule has 0 aliphatic carbocycles. The summed E-state index contributed by atoms with van der Waals surface area (Å²) in [4.78, 5) is 0.251. The fraction of sp³-hybridized carbons (Fsp3) is 0.231. The van der Waals surface area contributed by atoms with Crippen molar-refractivity contribution in [3.8, 4) is 17.1 Å². The number of hydrogen-bond donors (Lipinski definition) is 0. The van der Waals surface area contributed by atoms with Gasteiger partial charge in [0, 0.05) is 30.1 Å². The molecule has 9 heteroatoms. The van der Waals surface area contributed by atoms with Crippen LogP contribution in [0.25, 0.3) is 17.1 Å². The van der Waals surface area contributed by atoms with Crippen molar-refractivity contribution in [1.82, 2.24) is 19.1 Å². The van der Waals surface area contributed by atoms with E-state index in [4.69, 9.17) is 4.74 Å². The van der Waals surface area contributed by atoms with Crippen LogP contribution in [0.5, 0.6) is 0 Å². The molecular formula is C26H26N4O3S2. The number of nitrogens with zero attached hydrogens (tertiary/aromatic N) is 4. The van der Waals surface area contributed by atoms with Crippen molar-refractivity contribution in [3.63, 3.8) is 0 Å². The van der Waals surface area contributed by atoms with Gasteiger partial charge in [-0.1, -0.05) is 66.4 Å². The first-order chi connectivity index (χ1) is 17.0. The second-order valence-corrected chi connectivity index (χ2v) is 11.1. The van der Waals surface area contributed by atoms with E-state index in [1.54, 1.807) is 23.9 Å². The molecule has 0 unspecified atom stereocenters. The first-order valence-corrected chi connectivity index (χ1v) is 13.8. The third-order valence-electron chi connectivity index (χ3n) is 5.92. The molecule has 0 bridgehead atoms. The zero-order valence-corrected chi connectivity index (χ0v) is 21.0. The fourth-order valence-electron chi connectivity index (χ4n) is 4.01. The maximum absolute atomic E-state index is 13.3. The van der Waals surface area contributed by atoms with E-state index >= 15 is 0 Å². The van der Waals surface area contributed by atoms with Crippen molar-refractivity contribution >= 4 is 21.8 Å². The molecule has 0 N–H and O–H groups in total. The Morgan fingerprint density at radius 2 is 1.60 bits per heavy atom. The number of aryl methyl sites for hydroxylation is 1. The Bertz CT molecular complexity index is 1400. The second-order valence-electron chi connectivity index (χ2n) is 8.24. The lowest BCUT2D eigenvalue weighted by Crippen LogP contribution is -2.40. The summed E-state index contributed by atoms with van der Waals surface area (Å²) in [6.07, 6.45) is 0. The third-order valence-corrected chi connectivity index (χ3v) is 8.81. The van der Waals surface area contributed by atoms with Crippen LogP contribution in [0.2, 0.25) is 0 Å². The molecule has 35 heavy (non-hydrogen) atoms. The predicted octanol–water partition coefficient (Wildman–Crippen LogP) is 4.56. The minimum absolute atomic E-state index is 0.251. The number of aromatic nitrogens is 3. The molecule has 1 aliphatic heterocycles. The maximum atomic E-state index is 13.3. The highest BCUT2D eigenvalue weighted by Crippen LogP contribution is 2.33. The lowest BCUT2D eigenvalue weighted by molar-refractivity contribution is 0.0730. The Hall–Kier alpha value is -2.98. The van der Waals surface area contributed by atoms with E-state index in [1.165, 1.54) is 9.87 Å². The average molecular weight is 507 g/mol. The molecule has 4 aromatic rings. The molecule has 0 radical (unpaired) electrons. The number of ether oxygens (including phenoxy) is 1. The fourth-order valence-corrected chi connectivity index (χ4v) is 6.35. The molecule has 1 fully saturated rings. The number of sulfonamides is 1. The maximum Gasteiger partial charge on any atom is 0.243 e. The van der Waals surface area contributed by atoms with E-state index < -0.39 is 10.0 Å². The zero-order chi connectivity index (χ0) is 24.3. The SMILES string of the molecule is Cc1ccc(S(=O)(=O)N2CCOCC2)cc1-c1nnc(SCc2ccccc2)n1-c1ccccc1. The number of para-hydroxylation sites is 1. The molecule has 2 heterocycles. The smallest absolute Gasteiger partial charge is 0.243 e. The highest BCUT2D eigenvalue weighted by Gasteiger charge is 2.28. The van der Waals surface area contributed by atoms with Gasteiger partial charge in [0.05, 0.1) is 18.1 Å². The van der Waals surface area contributed by atoms with E-state index in [1.807, 2.05) is 66.1 Å². The lowest BCUT2D eigenvalue weighted by atomic mass is 10.1. The number of morpholine rings is 1. The average Bonchev–Trinajstić information content (AvgIpc) is 3.33. The third kappa shape index (κ3) is 5.04. The minimum atomic E-state index is -3.64. The number of thioether (sulfide) groups is 1. The molecule has 0 amide bonds. The molecular weight excluding hydrogens is 480 g/mol. The Morgan fingerprint density at radius 3 is 2.31 bits per heavy atom. The topological polar surface area (TPSA) is 77.3 Å². The van der Waals surface area contributed by atoms with Gasteiger partial charge in [-0.3, -0.25) is 4.57 Å². The van der Waals surface area contributed by atoms with Gasteiger partial charge in [0.1, 0.15) is 0 Å². The van der Waals surface area contributed by atoms with Gasteiger partial charge in [-0.05, 0) is 42.3 Å². The van der Waals surface area contributed by atoms with Gasteiger partial charge in [0.25, 0.3) is 0 Å². The first-order valence-electron chi connectivity index (χ1n) is 11.4. The summed E-state index contributed by atoms with van der Waals surface area (Å²) >= 11 is 1.60. The van der Waals surface area contributed by atoms with E-state index in [9.17, 15) is 8.42 Å². The van der Waals surface area contributed by atoms with Gasteiger partial charge in [-0.25, -0.2) is 8.42 Å². The van der Waals surface area contributed by atoms with Crippen LogP contribution >= 0.6 is 11.8 Å². The molecule has 1 saturated heterocycles. The predicted molar refractivity (Wildman–Crippen MR) is 137 cm³/mol. The Morgan fingerprint density at radius 1 is 0.914 bits per heavy atom. The van der Waals surface area contributed by atoms with Crippen LogP contribution in [-0.4, -0.2) is 53.8 Å². The largest absolute Gasteiger partial charge is 0.379 e. The van der Waals surface area contributed by atoms with Crippen molar-refractivity contribution in [2.75, 3.05) is 26.3 Å². The van der Waals surface area contributed by atoms with Crippen molar-refractivity contribution in [2.45, 2.75) is 22.7 Å². The number of hydrogen-bond acceptors (Lipinski definition) is 6. The molecule has 1 aromatic heterocycles. The molecule has 7 nitrogen and oxygen atoms in total. The van der Waals surface area contributed by atoms with E-state index in [2.05, 4.69) is 22.3 Å². The summed E-state index contributed by atoms with van der Waals surface area (Å²) in [7, 11) is -3.64. The van der Waals surface area contributed by atoms with E-state index in [0.717, 1.165) is 27.7 Å². The van der Waals surface area contributed by atoms with Crippen molar-refractivity contribution in [3.05, 3.63) is 90.0 Å². The number of rotatable bonds is 7. The summed E-state index contributed by atoms with van der Waals surface area (Å²) in [5.74, 6) is 1.36. The van der Waals surface area contributed by atoms with Crippen LogP contribution in [0.1, 0.15) is 11.1 Å². The van der Waals surface area contributed by atoms with Crippen molar-refractivity contribution in [2.24, 2.45) is 0 Å². The second kappa shape index (κ2) is 10.3. The Labute approximate surface area is 209 Å². The molecule has 180 valence electrons. The van der Waals surface area contributed by atoms with Gasteiger partial charge in [-0.15, -0.1) is 10.2 Å². The highest BCUT2D eigenvalue weighted by atomic mass is 32.2. The van der Waals surface area contributed by atoms with Gasteiger partial charge in [0.2, 0.25) is 10.0 Å². The molecule has 0 saturated carbocycles. The van der Waals surface area contributed by atoms with Gasteiger partial charge < -0.3 is 4.74 Å². The van der Waals surface area contributed by atoms with Crippen molar-refractivity contribution in [1.29, 1.82) is 0 Å². The summed E-state index contributed by atoms with van der Waals surface area (Å²) < 4.78 is 35.5. The van der Waals surface area contributed by atoms with Gasteiger partial charge in [0.15, 0.2) is 11.0 Å². The monoisotopic (exact) mass is 506 g/mol. The van der Waals surface area contributed by atoms with Gasteiger partial charge in [-0.2, -0.15) is 4.31 Å². The van der Waals surface area contributed by atoms with Crippen LogP contribution in [-0.2, 0) is 20.5 Å². The van der Waals surface area contributed by atoms with Crippen LogP contribution in [0.15, 0.2) is 88.9 Å². The summed E-state index contributed by atoms with van der Waals surface area (Å²) in [6.45, 7) is 3.48. The van der Waals surface area contributed by atoms with E-state index in [-0.39, 0.29) is 4.90 Å². The Kier molecular flexibility index (Phi) is 7.01. The molecule has 3 aromatic carbocycles. The van der Waals surface area contributed by atoms with Crippen LogP contribution in [0.4, 0.5) is 0 Å². The van der Waals surface area contributed by atoms with Crippen LogP contribution in [0.3, 0.4) is 0 Å². The summed E-state index contributed by atoms with van der Waals surface area (Å²) in [5.41, 5.74) is 3.78. The summed E-state index contributed by atoms with van der Waals surface area (Å²) in [6, 6.07) is 25.3. The van der Waals surface area contributed by atoms with Crippen molar-refractivity contribution < 1.29 is 13.2 Å². The zero-order valence-electron chi connectivity index (χ0n) is 19.4. The summed E-state index contributed by atoms with van der Waals surface area (Å²) in [5, 5.41) is 9.79. The highest BCUT2D eigenvalue weighted by molar-refractivity contribution is 7.98. The molecule has 1 aliphatic rings. The van der Waals surface area contributed by atoms with Gasteiger partial charge >= 0.3 is 0 Å².